The number of aliphatic imine (C=N–C) groups is 1. The van der Waals surface area contributed by atoms with Crippen LogP contribution in [0.15, 0.2) is 29.3 Å². The van der Waals surface area contributed by atoms with Gasteiger partial charge in [-0.25, -0.2) is 18.1 Å². The molecular formula is C20H34N4O2S2. The van der Waals surface area contributed by atoms with Gasteiger partial charge in [0, 0.05) is 23.9 Å². The zero-order valence-corrected chi connectivity index (χ0v) is 19.0. The lowest BCUT2D eigenvalue weighted by molar-refractivity contribution is 0.569. The first-order valence-corrected chi connectivity index (χ1v) is 12.9. The maximum Gasteiger partial charge on any atom is 0.216 e. The number of nitrogens with zero attached hydrogens (tertiary/aromatic N) is 1. The second-order valence-electron chi connectivity index (χ2n) is 7.56. The first-order chi connectivity index (χ1) is 13.3. The Morgan fingerprint density at radius 2 is 1.89 bits per heavy atom. The van der Waals surface area contributed by atoms with Gasteiger partial charge in [-0.1, -0.05) is 24.3 Å². The fraction of sp³-hybridized carbons (Fsp3) is 0.650. The lowest BCUT2D eigenvalue weighted by atomic mass is 10.1. The third kappa shape index (κ3) is 8.01. The van der Waals surface area contributed by atoms with Crippen LogP contribution in [0.1, 0.15) is 51.2 Å². The van der Waals surface area contributed by atoms with Gasteiger partial charge in [-0.15, -0.1) is 0 Å². The summed E-state index contributed by atoms with van der Waals surface area (Å²) in [5.74, 6) is 0.846. The van der Waals surface area contributed by atoms with Crippen LogP contribution in [0.3, 0.4) is 0 Å². The molecule has 1 fully saturated rings. The summed E-state index contributed by atoms with van der Waals surface area (Å²) in [6.45, 7) is 7.09. The summed E-state index contributed by atoms with van der Waals surface area (Å²) < 4.78 is 26.7. The van der Waals surface area contributed by atoms with Crippen molar-refractivity contribution in [3.63, 3.8) is 0 Å². The Bertz CT molecular complexity index is 733. The first-order valence-electron chi connectivity index (χ1n) is 9.96. The molecule has 158 valence electrons. The Hall–Kier alpha value is -1.25. The van der Waals surface area contributed by atoms with Gasteiger partial charge >= 0.3 is 0 Å². The average molecular weight is 427 g/mol. The van der Waals surface area contributed by atoms with E-state index in [0.717, 1.165) is 28.9 Å². The molecule has 0 heterocycles. The fourth-order valence-corrected chi connectivity index (χ4v) is 5.56. The van der Waals surface area contributed by atoms with Crippen LogP contribution in [0, 0.1) is 0 Å². The van der Waals surface area contributed by atoms with Gasteiger partial charge in [0.05, 0.1) is 12.3 Å². The molecule has 28 heavy (non-hydrogen) atoms. The van der Waals surface area contributed by atoms with Gasteiger partial charge in [-0.3, -0.25) is 0 Å². The van der Waals surface area contributed by atoms with Crippen molar-refractivity contribution >= 4 is 27.7 Å². The third-order valence-electron chi connectivity index (χ3n) is 4.62. The quantitative estimate of drug-likeness (QED) is 0.418. The summed E-state index contributed by atoms with van der Waals surface area (Å²) in [5.41, 5.74) is 1.84. The number of hydrogen-bond donors (Lipinski definition) is 3. The van der Waals surface area contributed by atoms with Crippen molar-refractivity contribution in [3.05, 3.63) is 35.4 Å². The Labute approximate surface area is 174 Å². The number of guanidine groups is 1. The molecule has 0 saturated heterocycles. The largest absolute Gasteiger partial charge is 0.357 e. The second-order valence-corrected chi connectivity index (χ2v) is 10.4. The van der Waals surface area contributed by atoms with Crippen molar-refractivity contribution in [1.29, 1.82) is 0 Å². The van der Waals surface area contributed by atoms with Gasteiger partial charge in [0.1, 0.15) is 0 Å². The van der Waals surface area contributed by atoms with E-state index in [-0.39, 0.29) is 11.8 Å². The first kappa shape index (κ1) is 23.0. The second kappa shape index (κ2) is 11.1. The van der Waals surface area contributed by atoms with E-state index in [1.165, 1.54) is 19.3 Å². The van der Waals surface area contributed by atoms with Gasteiger partial charge in [0.25, 0.3) is 0 Å². The molecule has 2 unspecified atom stereocenters. The van der Waals surface area contributed by atoms with Gasteiger partial charge in [0.2, 0.25) is 10.0 Å². The van der Waals surface area contributed by atoms with Crippen LogP contribution in [0.25, 0.3) is 0 Å². The Morgan fingerprint density at radius 1 is 1.21 bits per heavy atom. The maximum absolute atomic E-state index is 12.0. The summed E-state index contributed by atoms with van der Waals surface area (Å²) in [6.07, 6.45) is 5.80. The molecule has 1 aromatic carbocycles. The van der Waals surface area contributed by atoms with Gasteiger partial charge in [-0.05, 0) is 57.4 Å². The molecule has 2 atom stereocenters. The Balaban J connectivity index is 1.93. The number of benzene rings is 1. The van der Waals surface area contributed by atoms with Gasteiger partial charge in [-0.2, -0.15) is 11.8 Å². The molecule has 0 bridgehead atoms. The molecule has 1 aromatic rings. The van der Waals surface area contributed by atoms with E-state index in [2.05, 4.69) is 28.5 Å². The van der Waals surface area contributed by atoms with Crippen LogP contribution in [0.5, 0.6) is 0 Å². The molecule has 8 heteroatoms. The van der Waals surface area contributed by atoms with Crippen molar-refractivity contribution in [2.24, 2.45) is 4.99 Å². The fourth-order valence-electron chi connectivity index (χ4n) is 3.33. The molecular weight excluding hydrogens is 392 g/mol. The number of thioether (sulfide) groups is 1. The van der Waals surface area contributed by atoms with Crippen LogP contribution in [-0.4, -0.2) is 44.5 Å². The van der Waals surface area contributed by atoms with Crippen molar-refractivity contribution in [2.45, 2.75) is 69.7 Å². The zero-order chi connectivity index (χ0) is 20.6. The lowest BCUT2D eigenvalue weighted by Crippen LogP contribution is -2.42. The molecule has 0 spiro atoms. The molecule has 0 aromatic heterocycles. The smallest absolute Gasteiger partial charge is 0.216 e. The standard InChI is InChI=1S/C20H34N4O2S2/c1-5-21-20(23-18-10-11-19(12-18)27-4)22-13-16-6-8-17(9-7-16)14-28(25,26)24-15(2)3/h6-9,15,18-19,24H,5,10-14H2,1-4H3,(H2,21,22,23). The normalized spacial score (nSPS) is 20.5. The lowest BCUT2D eigenvalue weighted by Gasteiger charge is -2.17. The molecule has 1 aliphatic rings. The third-order valence-corrected chi connectivity index (χ3v) is 7.26. The van der Waals surface area contributed by atoms with Crippen molar-refractivity contribution in [2.75, 3.05) is 12.8 Å². The SMILES string of the molecule is CCNC(=NCc1ccc(CS(=O)(=O)NC(C)C)cc1)NC1CCC(SC)C1. The molecule has 6 nitrogen and oxygen atoms in total. The van der Waals surface area contributed by atoms with Crippen LogP contribution in [0.4, 0.5) is 0 Å². The summed E-state index contributed by atoms with van der Waals surface area (Å²) in [7, 11) is -3.30. The highest BCUT2D eigenvalue weighted by Gasteiger charge is 2.24. The highest BCUT2D eigenvalue weighted by atomic mass is 32.2. The molecule has 0 amide bonds. The molecule has 3 N–H and O–H groups in total. The monoisotopic (exact) mass is 426 g/mol. The minimum absolute atomic E-state index is 0.00277. The highest BCUT2D eigenvalue weighted by Crippen LogP contribution is 2.28. The number of nitrogens with one attached hydrogen (secondary N) is 3. The van der Waals surface area contributed by atoms with E-state index in [9.17, 15) is 8.42 Å². The van der Waals surface area contributed by atoms with E-state index in [4.69, 9.17) is 4.99 Å². The van der Waals surface area contributed by atoms with Crippen LogP contribution < -0.4 is 15.4 Å². The summed E-state index contributed by atoms with van der Waals surface area (Å²) in [6, 6.07) is 8.02. The van der Waals surface area contributed by atoms with Gasteiger partial charge < -0.3 is 10.6 Å². The molecule has 1 saturated carbocycles. The molecule has 2 rings (SSSR count). The van der Waals surface area contributed by atoms with Crippen molar-refractivity contribution < 1.29 is 8.42 Å². The molecule has 1 aliphatic carbocycles. The molecule has 0 radical (unpaired) electrons. The average Bonchev–Trinajstić information content (AvgIpc) is 3.07. The van der Waals surface area contributed by atoms with E-state index in [0.29, 0.717) is 12.6 Å². The molecule has 0 aliphatic heterocycles. The number of hydrogen-bond acceptors (Lipinski definition) is 4. The summed E-state index contributed by atoms with van der Waals surface area (Å²) >= 11 is 1.95. The number of sulfonamides is 1. The van der Waals surface area contributed by atoms with Crippen molar-refractivity contribution in [3.8, 4) is 0 Å². The van der Waals surface area contributed by atoms with E-state index in [1.807, 2.05) is 49.9 Å². The minimum atomic E-state index is -3.30. The van der Waals surface area contributed by atoms with E-state index in [1.54, 1.807) is 0 Å². The minimum Gasteiger partial charge on any atom is -0.357 e. The Kier molecular flexibility index (Phi) is 9.11. The Morgan fingerprint density at radius 3 is 2.46 bits per heavy atom. The van der Waals surface area contributed by atoms with Crippen LogP contribution >= 0.6 is 11.8 Å². The van der Waals surface area contributed by atoms with Crippen molar-refractivity contribution in [1.82, 2.24) is 15.4 Å². The maximum atomic E-state index is 12.0. The summed E-state index contributed by atoms with van der Waals surface area (Å²) in [5, 5.41) is 7.61. The van der Waals surface area contributed by atoms with E-state index < -0.39 is 10.0 Å². The topological polar surface area (TPSA) is 82.6 Å². The van der Waals surface area contributed by atoms with Crippen LogP contribution in [-0.2, 0) is 22.3 Å². The van der Waals surface area contributed by atoms with Gasteiger partial charge in [0.15, 0.2) is 5.96 Å². The predicted molar refractivity (Wildman–Crippen MR) is 120 cm³/mol. The highest BCUT2D eigenvalue weighted by molar-refractivity contribution is 7.99. The van der Waals surface area contributed by atoms with E-state index >= 15 is 0 Å². The predicted octanol–water partition coefficient (Wildman–Crippen LogP) is 2.85. The van der Waals surface area contributed by atoms with Crippen LogP contribution in [0.2, 0.25) is 0 Å². The zero-order valence-electron chi connectivity index (χ0n) is 17.4. The summed E-state index contributed by atoms with van der Waals surface area (Å²) in [4.78, 5) is 4.70. The number of rotatable bonds is 9.